The average Bonchev–Trinajstić information content (AvgIpc) is 3.34. The molecular formula is C27H33FN2O4S2. The number of nitrogens with one attached hydrogen (secondary N) is 2. The van der Waals surface area contributed by atoms with Crippen LogP contribution in [0.15, 0.2) is 35.2 Å². The molecule has 36 heavy (non-hydrogen) atoms. The second kappa shape index (κ2) is 11.0. The maximum atomic E-state index is 13.4. The van der Waals surface area contributed by atoms with Crippen LogP contribution in [0.4, 0.5) is 4.39 Å². The molecule has 2 aliphatic carbocycles. The van der Waals surface area contributed by atoms with Gasteiger partial charge in [0.15, 0.2) is 9.84 Å². The monoisotopic (exact) mass is 532 g/mol. The van der Waals surface area contributed by atoms with Gasteiger partial charge in [-0.2, -0.15) is 0 Å². The SMILES string of the molecule is O=C(NCc1ccc(S(=O)(=O)C2CCCC(OC3CCC(F)CC3)C2)cc1)c1cc2c(s1)=CNCC=2. The van der Waals surface area contributed by atoms with Crippen LogP contribution in [0, 0.1) is 0 Å². The predicted molar refractivity (Wildman–Crippen MR) is 140 cm³/mol. The third kappa shape index (κ3) is 5.84. The first kappa shape index (κ1) is 25.4. The number of hydrogen-bond donors (Lipinski definition) is 2. The number of alkyl halides is 1. The van der Waals surface area contributed by atoms with Gasteiger partial charge >= 0.3 is 0 Å². The van der Waals surface area contributed by atoms with E-state index in [0.717, 1.165) is 47.5 Å². The van der Waals surface area contributed by atoms with E-state index in [0.29, 0.717) is 42.0 Å². The summed E-state index contributed by atoms with van der Waals surface area (Å²) in [5, 5.41) is 6.68. The number of thiophene rings is 1. The van der Waals surface area contributed by atoms with Crippen molar-refractivity contribution in [2.45, 2.75) is 86.4 Å². The summed E-state index contributed by atoms with van der Waals surface area (Å²) in [6.45, 7) is 1.09. The third-order valence-electron chi connectivity index (χ3n) is 7.40. The van der Waals surface area contributed by atoms with Crippen LogP contribution >= 0.6 is 11.3 Å². The highest BCUT2D eigenvalue weighted by Crippen LogP contribution is 2.33. The molecule has 0 spiro atoms. The quantitative estimate of drug-likeness (QED) is 0.572. The molecule has 1 aromatic carbocycles. The largest absolute Gasteiger partial charge is 0.386 e. The lowest BCUT2D eigenvalue weighted by Crippen LogP contribution is -2.35. The Labute approximate surface area is 215 Å². The van der Waals surface area contributed by atoms with Crippen molar-refractivity contribution < 1.29 is 22.3 Å². The number of carbonyl (C=O) groups excluding carboxylic acids is 1. The highest BCUT2D eigenvalue weighted by Gasteiger charge is 2.35. The minimum Gasteiger partial charge on any atom is -0.386 e. The Morgan fingerprint density at radius 3 is 2.61 bits per heavy atom. The molecule has 3 aliphatic rings. The molecule has 9 heteroatoms. The van der Waals surface area contributed by atoms with Gasteiger partial charge in [-0.15, -0.1) is 11.3 Å². The number of amides is 1. The Hall–Kier alpha value is -2.23. The van der Waals surface area contributed by atoms with E-state index in [4.69, 9.17) is 4.74 Å². The molecule has 5 rings (SSSR count). The average molecular weight is 533 g/mol. The van der Waals surface area contributed by atoms with Crippen LogP contribution in [0.5, 0.6) is 0 Å². The molecule has 2 unspecified atom stereocenters. The fraction of sp³-hybridized carbons (Fsp3) is 0.519. The Kier molecular flexibility index (Phi) is 7.79. The second-order valence-corrected chi connectivity index (χ2v) is 13.3. The van der Waals surface area contributed by atoms with Gasteiger partial charge in [0.05, 0.1) is 31.8 Å². The first-order chi connectivity index (χ1) is 17.4. The zero-order chi connectivity index (χ0) is 25.1. The van der Waals surface area contributed by atoms with Crippen molar-refractivity contribution in [3.63, 3.8) is 0 Å². The van der Waals surface area contributed by atoms with Gasteiger partial charge in [0.2, 0.25) is 0 Å². The zero-order valence-corrected chi connectivity index (χ0v) is 21.9. The molecule has 0 radical (unpaired) electrons. The Morgan fingerprint density at radius 2 is 1.86 bits per heavy atom. The van der Waals surface area contributed by atoms with Crippen LogP contribution in [0.2, 0.25) is 0 Å². The minimum atomic E-state index is -3.48. The van der Waals surface area contributed by atoms with Crippen molar-refractivity contribution in [3.05, 3.63) is 50.5 Å². The number of halogens is 1. The van der Waals surface area contributed by atoms with Crippen LogP contribution in [0.1, 0.15) is 66.6 Å². The molecule has 2 fully saturated rings. The maximum absolute atomic E-state index is 13.4. The smallest absolute Gasteiger partial charge is 0.261 e. The molecule has 1 amide bonds. The van der Waals surface area contributed by atoms with E-state index in [1.807, 2.05) is 12.3 Å². The van der Waals surface area contributed by atoms with Crippen molar-refractivity contribution in [3.8, 4) is 0 Å². The van der Waals surface area contributed by atoms with Gasteiger partial charge in [0, 0.05) is 19.3 Å². The third-order valence-corrected chi connectivity index (χ3v) is 10.7. The summed E-state index contributed by atoms with van der Waals surface area (Å²) < 4.78 is 47.4. The molecule has 2 atom stereocenters. The maximum Gasteiger partial charge on any atom is 0.261 e. The number of fused-ring (bicyclic) bond motifs is 1. The number of hydrogen-bond acceptors (Lipinski definition) is 6. The van der Waals surface area contributed by atoms with Crippen molar-refractivity contribution in [2.75, 3.05) is 6.54 Å². The number of rotatable bonds is 7. The molecule has 2 heterocycles. The Bertz CT molecular complexity index is 1260. The normalized spacial score (nSPS) is 26.1. The van der Waals surface area contributed by atoms with E-state index >= 15 is 0 Å². The zero-order valence-electron chi connectivity index (χ0n) is 20.2. The van der Waals surface area contributed by atoms with Crippen LogP contribution in [-0.2, 0) is 21.1 Å². The van der Waals surface area contributed by atoms with Crippen LogP contribution in [-0.4, -0.2) is 44.5 Å². The lowest BCUT2D eigenvalue weighted by molar-refractivity contribution is -0.0523. The Balaban J connectivity index is 1.17. The van der Waals surface area contributed by atoms with Crippen molar-refractivity contribution in [2.24, 2.45) is 0 Å². The molecule has 0 saturated heterocycles. The molecule has 2 saturated carbocycles. The van der Waals surface area contributed by atoms with E-state index in [-0.39, 0.29) is 18.1 Å². The lowest BCUT2D eigenvalue weighted by atomic mass is 9.94. The highest BCUT2D eigenvalue weighted by molar-refractivity contribution is 7.92. The van der Waals surface area contributed by atoms with Gasteiger partial charge in [-0.25, -0.2) is 12.8 Å². The van der Waals surface area contributed by atoms with E-state index in [2.05, 4.69) is 16.7 Å². The number of sulfone groups is 1. The highest BCUT2D eigenvalue weighted by atomic mass is 32.2. The van der Waals surface area contributed by atoms with Crippen LogP contribution in [0.25, 0.3) is 12.3 Å². The molecule has 2 aromatic rings. The van der Waals surface area contributed by atoms with E-state index in [9.17, 15) is 17.6 Å². The second-order valence-electron chi connectivity index (χ2n) is 9.98. The number of ether oxygens (including phenoxy) is 1. The lowest BCUT2D eigenvalue weighted by Gasteiger charge is -2.33. The van der Waals surface area contributed by atoms with Gasteiger partial charge in [0.25, 0.3) is 5.91 Å². The fourth-order valence-electron chi connectivity index (χ4n) is 5.32. The number of benzene rings is 1. The number of carbonyl (C=O) groups is 1. The predicted octanol–water partition coefficient (Wildman–Crippen LogP) is 3.18. The summed E-state index contributed by atoms with van der Waals surface area (Å²) in [5.74, 6) is -0.138. The molecule has 1 aromatic heterocycles. The van der Waals surface area contributed by atoms with Crippen LogP contribution in [0.3, 0.4) is 0 Å². The van der Waals surface area contributed by atoms with E-state index in [1.165, 1.54) is 11.3 Å². The summed E-state index contributed by atoms with van der Waals surface area (Å²) in [4.78, 5) is 13.5. The Morgan fingerprint density at radius 1 is 1.08 bits per heavy atom. The van der Waals surface area contributed by atoms with Crippen molar-refractivity contribution in [1.29, 1.82) is 0 Å². The minimum absolute atomic E-state index is 0.0468. The van der Waals surface area contributed by atoms with Crippen LogP contribution < -0.4 is 20.4 Å². The summed E-state index contributed by atoms with van der Waals surface area (Å²) in [7, 11) is -3.48. The summed E-state index contributed by atoms with van der Waals surface area (Å²) >= 11 is 1.44. The summed E-state index contributed by atoms with van der Waals surface area (Å²) in [6.07, 6.45) is 8.53. The first-order valence-corrected chi connectivity index (χ1v) is 15.2. The molecule has 1 aliphatic heterocycles. The van der Waals surface area contributed by atoms with Crippen molar-refractivity contribution in [1.82, 2.24) is 10.6 Å². The van der Waals surface area contributed by atoms with Gasteiger partial charge in [-0.1, -0.05) is 18.2 Å². The van der Waals surface area contributed by atoms with Gasteiger partial charge < -0.3 is 15.4 Å². The molecule has 2 N–H and O–H groups in total. The summed E-state index contributed by atoms with van der Waals surface area (Å²) in [5.41, 5.74) is 0.844. The first-order valence-electron chi connectivity index (χ1n) is 12.8. The van der Waals surface area contributed by atoms with Crippen molar-refractivity contribution >= 4 is 39.4 Å². The fourth-order valence-corrected chi connectivity index (χ4v) is 8.16. The molecule has 0 bridgehead atoms. The summed E-state index contributed by atoms with van der Waals surface area (Å²) in [6, 6.07) is 8.72. The topological polar surface area (TPSA) is 84.5 Å². The van der Waals surface area contributed by atoms with E-state index < -0.39 is 21.3 Å². The standard InChI is InChI=1S/C27H33FN2O4S2/c28-20-6-8-21(9-7-20)34-22-2-1-3-24(15-22)36(32,33)23-10-4-18(5-11-23)16-30-27(31)25-14-19-12-13-29-17-26(19)35-25/h4-5,10-12,14,17,20-22,24,29H,1-3,6-9,13,15-16H2,(H,30,31). The van der Waals surface area contributed by atoms with Gasteiger partial charge in [-0.3, -0.25) is 4.79 Å². The van der Waals surface area contributed by atoms with Gasteiger partial charge in [-0.05, 0) is 80.3 Å². The molecule has 6 nitrogen and oxygen atoms in total. The van der Waals surface area contributed by atoms with E-state index in [1.54, 1.807) is 24.3 Å². The van der Waals surface area contributed by atoms with Gasteiger partial charge in [0.1, 0.15) is 6.17 Å². The molecule has 194 valence electrons. The molecular weight excluding hydrogens is 499 g/mol.